The summed E-state index contributed by atoms with van der Waals surface area (Å²) in [6.07, 6.45) is 2.97. The average molecular weight is 408 g/mol. The van der Waals surface area contributed by atoms with Gasteiger partial charge in [-0.2, -0.15) is 9.49 Å². The van der Waals surface area contributed by atoms with Gasteiger partial charge in [-0.1, -0.05) is 29.8 Å². The van der Waals surface area contributed by atoms with E-state index in [1.54, 1.807) is 6.08 Å². The number of nitro benzene ring substituents is 1. The molecule has 1 N–H and O–H groups in total. The van der Waals surface area contributed by atoms with Gasteiger partial charge in [-0.3, -0.25) is 19.6 Å². The molecule has 7 nitrogen and oxygen atoms in total. The van der Waals surface area contributed by atoms with E-state index in [1.165, 1.54) is 17.7 Å². The summed E-state index contributed by atoms with van der Waals surface area (Å²) >= 11 is 0. The third-order valence-electron chi connectivity index (χ3n) is 4.70. The van der Waals surface area contributed by atoms with Crippen LogP contribution in [0.15, 0.2) is 48.5 Å². The number of aryl methyl sites for hydroxylation is 2. The van der Waals surface area contributed by atoms with Gasteiger partial charge in [-0.25, -0.2) is 0 Å². The van der Waals surface area contributed by atoms with Gasteiger partial charge >= 0.3 is 5.69 Å². The van der Waals surface area contributed by atoms with Gasteiger partial charge in [0.1, 0.15) is 0 Å². The number of rotatable bonds is 6. The Balaban J connectivity index is 1.73. The van der Waals surface area contributed by atoms with Gasteiger partial charge in [0.15, 0.2) is 0 Å². The lowest BCUT2D eigenvalue weighted by Crippen LogP contribution is -2.08. The van der Waals surface area contributed by atoms with Crippen LogP contribution in [0.3, 0.4) is 0 Å². The highest BCUT2D eigenvalue weighted by molar-refractivity contribution is 6.02. The number of nitro groups is 1. The lowest BCUT2D eigenvalue weighted by molar-refractivity contribution is -0.387. The van der Waals surface area contributed by atoms with E-state index in [0.717, 1.165) is 34.6 Å². The molecule has 8 heteroatoms. The Hall–Kier alpha value is -3.81. The second-order valence-electron chi connectivity index (χ2n) is 6.97. The quantitative estimate of drug-likeness (QED) is 0.368. The van der Waals surface area contributed by atoms with Crippen LogP contribution in [0.2, 0.25) is 0 Å². The Morgan fingerprint density at radius 2 is 1.90 bits per heavy atom. The number of hydrogen-bond donors (Lipinski definition) is 1. The summed E-state index contributed by atoms with van der Waals surface area (Å²) in [5.41, 5.74) is 4.27. The van der Waals surface area contributed by atoms with Crippen molar-refractivity contribution >= 4 is 23.4 Å². The Morgan fingerprint density at radius 1 is 1.20 bits per heavy atom. The molecule has 30 heavy (non-hydrogen) atoms. The molecule has 0 spiro atoms. The van der Waals surface area contributed by atoms with E-state index in [0.29, 0.717) is 6.54 Å². The highest BCUT2D eigenvalue weighted by atomic mass is 19.1. The molecule has 3 aromatic rings. The molecule has 0 fully saturated rings. The minimum Gasteiger partial charge on any atom is -0.322 e. The normalized spacial score (nSPS) is 11.1. The predicted molar refractivity (Wildman–Crippen MR) is 113 cm³/mol. The van der Waals surface area contributed by atoms with E-state index < -0.39 is 22.3 Å². The van der Waals surface area contributed by atoms with E-state index >= 15 is 0 Å². The third-order valence-corrected chi connectivity index (χ3v) is 4.70. The summed E-state index contributed by atoms with van der Waals surface area (Å²) in [6.45, 7) is 6.44. The summed E-state index contributed by atoms with van der Waals surface area (Å²) in [5.74, 6) is -1.44. The van der Waals surface area contributed by atoms with E-state index in [2.05, 4.69) is 22.5 Å². The van der Waals surface area contributed by atoms with Crippen LogP contribution >= 0.6 is 0 Å². The van der Waals surface area contributed by atoms with Crippen molar-refractivity contribution in [1.82, 2.24) is 9.78 Å². The van der Waals surface area contributed by atoms with E-state index in [4.69, 9.17) is 0 Å². The Labute approximate surface area is 173 Å². The monoisotopic (exact) mass is 408 g/mol. The molecule has 0 aliphatic carbocycles. The fourth-order valence-electron chi connectivity index (χ4n) is 3.05. The smallest absolute Gasteiger partial charge is 0.306 e. The van der Waals surface area contributed by atoms with Crippen molar-refractivity contribution < 1.29 is 14.1 Å². The summed E-state index contributed by atoms with van der Waals surface area (Å²) in [6, 6.07) is 11.4. The molecule has 0 saturated heterocycles. The molecular formula is C22H21FN4O3. The Kier molecular flexibility index (Phi) is 6.06. The largest absolute Gasteiger partial charge is 0.322 e. The summed E-state index contributed by atoms with van der Waals surface area (Å²) < 4.78 is 15.3. The van der Waals surface area contributed by atoms with Crippen LogP contribution in [0.25, 0.3) is 6.08 Å². The number of benzene rings is 2. The summed E-state index contributed by atoms with van der Waals surface area (Å²) in [7, 11) is 0. The molecule has 0 saturated carbocycles. The number of aromatic nitrogens is 2. The Bertz CT molecular complexity index is 1130. The molecule has 0 aliphatic heterocycles. The first-order valence-electron chi connectivity index (χ1n) is 9.27. The predicted octanol–water partition coefficient (Wildman–Crippen LogP) is 4.56. The van der Waals surface area contributed by atoms with Crippen molar-refractivity contribution in [2.45, 2.75) is 27.3 Å². The fourth-order valence-corrected chi connectivity index (χ4v) is 3.05. The first-order chi connectivity index (χ1) is 14.2. The molecule has 0 atom stereocenters. The third kappa shape index (κ3) is 4.78. The second-order valence-corrected chi connectivity index (χ2v) is 6.97. The van der Waals surface area contributed by atoms with E-state index in [9.17, 15) is 19.3 Å². The fraction of sp³-hybridized carbons (Fsp3) is 0.182. The standard InChI is InChI=1S/C22H21FN4O3/c1-14-4-6-17(7-5-14)13-26-16(3)19(15(2)25-26)9-11-22(28)24-18-8-10-20(23)21(12-18)27(29)30/h4-12H,13H2,1-3H3,(H,24,28)/b11-9+. The highest BCUT2D eigenvalue weighted by Crippen LogP contribution is 2.22. The molecule has 1 heterocycles. The number of amides is 1. The first kappa shape index (κ1) is 20.9. The Morgan fingerprint density at radius 3 is 2.57 bits per heavy atom. The van der Waals surface area contributed by atoms with Crippen molar-refractivity contribution in [2.75, 3.05) is 5.32 Å². The maximum atomic E-state index is 13.4. The number of nitrogens with one attached hydrogen (secondary N) is 1. The molecular weight excluding hydrogens is 387 g/mol. The molecule has 0 unspecified atom stereocenters. The van der Waals surface area contributed by atoms with Gasteiger partial charge in [0, 0.05) is 29.1 Å². The molecule has 3 rings (SSSR count). The van der Waals surface area contributed by atoms with Crippen LogP contribution in [-0.2, 0) is 11.3 Å². The maximum absolute atomic E-state index is 13.4. The van der Waals surface area contributed by atoms with Gasteiger partial charge in [-0.05, 0) is 44.5 Å². The highest BCUT2D eigenvalue weighted by Gasteiger charge is 2.15. The van der Waals surface area contributed by atoms with Crippen LogP contribution in [0, 0.1) is 36.7 Å². The average Bonchev–Trinajstić information content (AvgIpc) is 2.96. The second kappa shape index (κ2) is 8.69. The molecule has 154 valence electrons. The van der Waals surface area contributed by atoms with E-state index in [-0.39, 0.29) is 5.69 Å². The van der Waals surface area contributed by atoms with Crippen molar-refractivity contribution in [3.8, 4) is 0 Å². The van der Waals surface area contributed by atoms with Crippen LogP contribution in [0.1, 0.15) is 28.1 Å². The van der Waals surface area contributed by atoms with Gasteiger partial charge in [0.2, 0.25) is 11.7 Å². The SMILES string of the molecule is Cc1ccc(Cn2nc(C)c(/C=C/C(=O)Nc3ccc(F)c([N+](=O)[O-])c3)c2C)cc1. The van der Waals surface area contributed by atoms with Crippen LogP contribution in [-0.4, -0.2) is 20.6 Å². The van der Waals surface area contributed by atoms with Crippen molar-refractivity contribution in [2.24, 2.45) is 0 Å². The first-order valence-corrected chi connectivity index (χ1v) is 9.27. The molecule has 2 aromatic carbocycles. The van der Waals surface area contributed by atoms with Crippen molar-refractivity contribution in [1.29, 1.82) is 0 Å². The molecule has 0 aliphatic rings. The maximum Gasteiger partial charge on any atom is 0.306 e. The topological polar surface area (TPSA) is 90.1 Å². The molecule has 0 radical (unpaired) electrons. The zero-order valence-corrected chi connectivity index (χ0v) is 16.8. The number of carbonyl (C=O) groups excluding carboxylic acids is 1. The number of nitrogens with zero attached hydrogens (tertiary/aromatic N) is 3. The van der Waals surface area contributed by atoms with Crippen LogP contribution < -0.4 is 5.32 Å². The molecule has 0 bridgehead atoms. The molecule has 1 amide bonds. The minimum absolute atomic E-state index is 0.140. The number of hydrogen-bond acceptors (Lipinski definition) is 4. The van der Waals surface area contributed by atoms with Crippen molar-refractivity contribution in [3.63, 3.8) is 0 Å². The van der Waals surface area contributed by atoms with Crippen molar-refractivity contribution in [3.05, 3.63) is 92.6 Å². The molecule has 1 aromatic heterocycles. The lowest BCUT2D eigenvalue weighted by Gasteiger charge is -2.05. The zero-order valence-electron chi connectivity index (χ0n) is 16.8. The van der Waals surface area contributed by atoms with Crippen LogP contribution in [0.5, 0.6) is 0 Å². The zero-order chi connectivity index (χ0) is 21.8. The summed E-state index contributed by atoms with van der Waals surface area (Å²) in [5, 5.41) is 17.9. The van der Waals surface area contributed by atoms with Crippen LogP contribution in [0.4, 0.5) is 15.8 Å². The lowest BCUT2D eigenvalue weighted by atomic mass is 10.1. The summed E-state index contributed by atoms with van der Waals surface area (Å²) in [4.78, 5) is 22.2. The van der Waals surface area contributed by atoms with Gasteiger partial charge < -0.3 is 5.32 Å². The number of halogens is 1. The van der Waals surface area contributed by atoms with Gasteiger partial charge in [-0.15, -0.1) is 0 Å². The van der Waals surface area contributed by atoms with Gasteiger partial charge in [0.05, 0.1) is 17.2 Å². The minimum atomic E-state index is -0.958. The van der Waals surface area contributed by atoms with E-state index in [1.807, 2.05) is 37.6 Å². The number of carbonyl (C=O) groups is 1. The van der Waals surface area contributed by atoms with Gasteiger partial charge in [0.25, 0.3) is 0 Å². The number of anilines is 1.